The summed E-state index contributed by atoms with van der Waals surface area (Å²) in [6, 6.07) is 4.51. The summed E-state index contributed by atoms with van der Waals surface area (Å²) < 4.78 is 32.2. The van der Waals surface area contributed by atoms with Crippen molar-refractivity contribution in [2.24, 2.45) is 5.92 Å². The van der Waals surface area contributed by atoms with Crippen LogP contribution in [0.3, 0.4) is 0 Å². The van der Waals surface area contributed by atoms with E-state index in [2.05, 4.69) is 4.72 Å². The first-order valence-corrected chi connectivity index (χ1v) is 8.32. The molecule has 0 aliphatic heterocycles. The smallest absolute Gasteiger partial charge is 0.240 e. The van der Waals surface area contributed by atoms with Crippen molar-refractivity contribution in [2.45, 2.75) is 37.2 Å². The maximum atomic E-state index is 12.2. The molecule has 0 amide bonds. The predicted molar refractivity (Wildman–Crippen MR) is 76.1 cm³/mol. The second kappa shape index (κ2) is 6.56. The van der Waals surface area contributed by atoms with Gasteiger partial charge in [0.1, 0.15) is 5.75 Å². The standard InChI is InChI=1S/C14H21NO4S/c1-19-14-7-6-13(8-12(14)10-16)20(17,18)15-9-11-4-2-3-5-11/h6-8,11,15-16H,2-5,9-10H2,1H3. The van der Waals surface area contributed by atoms with Gasteiger partial charge in [-0.2, -0.15) is 0 Å². The van der Waals surface area contributed by atoms with E-state index in [4.69, 9.17) is 4.74 Å². The Bertz CT molecular complexity index is 550. The zero-order valence-corrected chi connectivity index (χ0v) is 12.4. The zero-order valence-electron chi connectivity index (χ0n) is 11.6. The van der Waals surface area contributed by atoms with Gasteiger partial charge in [0, 0.05) is 12.1 Å². The Kier molecular flexibility index (Phi) is 5.01. The van der Waals surface area contributed by atoms with Crippen molar-refractivity contribution < 1.29 is 18.3 Å². The summed E-state index contributed by atoms with van der Waals surface area (Å²) in [5.74, 6) is 0.933. The number of hydrogen-bond donors (Lipinski definition) is 2. The van der Waals surface area contributed by atoms with E-state index in [1.54, 1.807) is 6.07 Å². The minimum absolute atomic E-state index is 0.167. The van der Waals surface area contributed by atoms with Crippen molar-refractivity contribution >= 4 is 10.0 Å². The van der Waals surface area contributed by atoms with Gasteiger partial charge in [-0.15, -0.1) is 0 Å². The molecular weight excluding hydrogens is 278 g/mol. The van der Waals surface area contributed by atoms with Crippen LogP contribution in [0.15, 0.2) is 23.1 Å². The Morgan fingerprint density at radius 1 is 1.35 bits per heavy atom. The summed E-state index contributed by atoms with van der Waals surface area (Å²) >= 11 is 0. The Hall–Kier alpha value is -1.11. The lowest BCUT2D eigenvalue weighted by Crippen LogP contribution is -2.28. The highest BCUT2D eigenvalue weighted by molar-refractivity contribution is 7.89. The van der Waals surface area contributed by atoms with E-state index in [9.17, 15) is 13.5 Å². The number of ether oxygens (including phenoxy) is 1. The lowest BCUT2D eigenvalue weighted by molar-refractivity contribution is 0.273. The molecule has 2 N–H and O–H groups in total. The number of hydrogen-bond acceptors (Lipinski definition) is 4. The summed E-state index contributed by atoms with van der Waals surface area (Å²) in [5.41, 5.74) is 0.469. The lowest BCUT2D eigenvalue weighted by atomic mass is 10.1. The van der Waals surface area contributed by atoms with Gasteiger partial charge in [0.25, 0.3) is 0 Å². The van der Waals surface area contributed by atoms with Gasteiger partial charge >= 0.3 is 0 Å². The quantitative estimate of drug-likeness (QED) is 0.837. The lowest BCUT2D eigenvalue weighted by Gasteiger charge is -2.13. The minimum atomic E-state index is -3.52. The van der Waals surface area contributed by atoms with E-state index >= 15 is 0 Å². The van der Waals surface area contributed by atoms with Crippen LogP contribution in [0.25, 0.3) is 0 Å². The monoisotopic (exact) mass is 299 g/mol. The van der Waals surface area contributed by atoms with Gasteiger partial charge in [-0.3, -0.25) is 0 Å². The fourth-order valence-electron chi connectivity index (χ4n) is 2.57. The molecule has 1 aromatic carbocycles. The maximum absolute atomic E-state index is 12.2. The van der Waals surface area contributed by atoms with Gasteiger partial charge in [0.15, 0.2) is 0 Å². The largest absolute Gasteiger partial charge is 0.496 e. The van der Waals surface area contributed by atoms with Crippen LogP contribution >= 0.6 is 0 Å². The molecule has 0 aromatic heterocycles. The first-order chi connectivity index (χ1) is 9.56. The van der Waals surface area contributed by atoms with Gasteiger partial charge in [0.2, 0.25) is 10.0 Å². The first-order valence-electron chi connectivity index (χ1n) is 6.84. The van der Waals surface area contributed by atoms with E-state index in [1.807, 2.05) is 0 Å². The maximum Gasteiger partial charge on any atom is 0.240 e. The fourth-order valence-corrected chi connectivity index (χ4v) is 3.74. The third-order valence-corrected chi connectivity index (χ3v) is 5.19. The molecule has 0 heterocycles. The van der Waals surface area contributed by atoms with Crippen LogP contribution in [0.2, 0.25) is 0 Å². The van der Waals surface area contributed by atoms with Crippen molar-refractivity contribution in [3.05, 3.63) is 23.8 Å². The predicted octanol–water partition coefficient (Wildman–Crippen LogP) is 1.66. The van der Waals surface area contributed by atoms with Crippen molar-refractivity contribution in [3.8, 4) is 5.75 Å². The molecular formula is C14H21NO4S. The number of aliphatic hydroxyl groups excluding tert-OH is 1. The van der Waals surface area contributed by atoms with Crippen LogP contribution in [-0.2, 0) is 16.6 Å². The van der Waals surface area contributed by atoms with Crippen LogP contribution in [-0.4, -0.2) is 27.2 Å². The second-order valence-corrected chi connectivity index (χ2v) is 6.90. The number of benzene rings is 1. The van der Waals surface area contributed by atoms with Gasteiger partial charge in [-0.05, 0) is 37.0 Å². The molecule has 0 bridgehead atoms. The molecule has 0 saturated heterocycles. The SMILES string of the molecule is COc1ccc(S(=O)(=O)NCC2CCCC2)cc1CO. The van der Waals surface area contributed by atoms with Crippen LogP contribution < -0.4 is 9.46 Å². The molecule has 0 atom stereocenters. The Labute approximate surface area is 120 Å². The van der Waals surface area contributed by atoms with Gasteiger partial charge in [-0.1, -0.05) is 12.8 Å². The highest BCUT2D eigenvalue weighted by Gasteiger charge is 2.20. The average Bonchev–Trinajstić information content (AvgIpc) is 2.97. The summed E-state index contributed by atoms with van der Waals surface area (Å²) in [4.78, 5) is 0.167. The van der Waals surface area contributed by atoms with Crippen LogP contribution in [0.5, 0.6) is 5.75 Å². The van der Waals surface area contributed by atoms with Gasteiger partial charge < -0.3 is 9.84 Å². The number of nitrogens with one attached hydrogen (secondary N) is 1. The van der Waals surface area contributed by atoms with Crippen LogP contribution in [0, 0.1) is 5.92 Å². The van der Waals surface area contributed by atoms with Crippen molar-refractivity contribution in [3.63, 3.8) is 0 Å². The highest BCUT2D eigenvalue weighted by Crippen LogP contribution is 2.25. The number of rotatable bonds is 6. The van der Waals surface area contributed by atoms with Crippen molar-refractivity contribution in [1.82, 2.24) is 4.72 Å². The van der Waals surface area contributed by atoms with Gasteiger partial charge in [0.05, 0.1) is 18.6 Å². The minimum Gasteiger partial charge on any atom is -0.496 e. The van der Waals surface area contributed by atoms with Crippen LogP contribution in [0.1, 0.15) is 31.2 Å². The van der Waals surface area contributed by atoms with Gasteiger partial charge in [-0.25, -0.2) is 13.1 Å². The number of methoxy groups -OCH3 is 1. The summed E-state index contributed by atoms with van der Waals surface area (Å²) in [7, 11) is -2.03. The molecule has 0 spiro atoms. The third kappa shape index (κ3) is 3.50. The summed E-state index contributed by atoms with van der Waals surface area (Å²) in [6.45, 7) is 0.234. The first kappa shape index (κ1) is 15.3. The van der Waals surface area contributed by atoms with Crippen molar-refractivity contribution in [1.29, 1.82) is 0 Å². The topological polar surface area (TPSA) is 75.6 Å². The second-order valence-electron chi connectivity index (χ2n) is 5.13. The fraction of sp³-hybridized carbons (Fsp3) is 0.571. The molecule has 1 aliphatic carbocycles. The Balaban J connectivity index is 2.11. The molecule has 1 aromatic rings. The Morgan fingerprint density at radius 2 is 2.05 bits per heavy atom. The molecule has 2 rings (SSSR count). The van der Waals surface area contributed by atoms with Crippen LogP contribution in [0.4, 0.5) is 0 Å². The van der Waals surface area contributed by atoms with E-state index in [1.165, 1.54) is 32.1 Å². The Morgan fingerprint density at radius 3 is 2.65 bits per heavy atom. The third-order valence-electron chi connectivity index (χ3n) is 3.77. The molecule has 112 valence electrons. The van der Waals surface area contributed by atoms with E-state index < -0.39 is 10.0 Å². The molecule has 5 nitrogen and oxygen atoms in total. The summed E-state index contributed by atoms with van der Waals surface area (Å²) in [6.07, 6.45) is 4.55. The van der Waals surface area contributed by atoms with E-state index in [-0.39, 0.29) is 11.5 Å². The number of aliphatic hydroxyl groups is 1. The normalized spacial score (nSPS) is 16.5. The molecule has 1 fully saturated rings. The molecule has 0 radical (unpaired) electrons. The molecule has 1 saturated carbocycles. The zero-order chi connectivity index (χ0) is 14.6. The highest BCUT2D eigenvalue weighted by atomic mass is 32.2. The average molecular weight is 299 g/mol. The number of sulfonamides is 1. The van der Waals surface area contributed by atoms with E-state index in [0.717, 1.165) is 12.8 Å². The van der Waals surface area contributed by atoms with Crippen molar-refractivity contribution in [2.75, 3.05) is 13.7 Å². The summed E-state index contributed by atoms with van der Waals surface area (Å²) in [5, 5.41) is 9.25. The van der Waals surface area contributed by atoms with E-state index in [0.29, 0.717) is 23.8 Å². The molecule has 1 aliphatic rings. The molecule has 0 unspecified atom stereocenters. The molecule has 6 heteroatoms. The molecule has 20 heavy (non-hydrogen) atoms.